The van der Waals surface area contributed by atoms with Crippen molar-refractivity contribution in [1.82, 2.24) is 15.6 Å². The van der Waals surface area contributed by atoms with Crippen LogP contribution < -0.4 is 10.6 Å². The third-order valence-electron chi connectivity index (χ3n) is 4.40. The quantitative estimate of drug-likeness (QED) is 0.411. The van der Waals surface area contributed by atoms with Gasteiger partial charge in [0.25, 0.3) is 0 Å². The molecule has 7 heteroatoms. The van der Waals surface area contributed by atoms with Crippen molar-refractivity contribution in [3.63, 3.8) is 0 Å². The molecule has 2 heterocycles. The van der Waals surface area contributed by atoms with Gasteiger partial charge in [0.05, 0.1) is 12.2 Å². The molecule has 6 nitrogen and oxygen atoms in total. The van der Waals surface area contributed by atoms with E-state index in [1.54, 1.807) is 18.4 Å². The molecule has 2 N–H and O–H groups in total. The zero-order valence-electron chi connectivity index (χ0n) is 16.6. The molecule has 0 aromatic carbocycles. The number of aromatic nitrogens is 1. The van der Waals surface area contributed by atoms with Crippen molar-refractivity contribution in [1.29, 1.82) is 0 Å². The number of rotatable bonds is 8. The molecular formula is C19H34N4O2S. The number of hydrogen-bond donors (Lipinski definition) is 2. The summed E-state index contributed by atoms with van der Waals surface area (Å²) in [7, 11) is 1.79. The summed E-state index contributed by atoms with van der Waals surface area (Å²) in [5, 5.41) is 9.88. The van der Waals surface area contributed by atoms with Gasteiger partial charge in [-0.3, -0.25) is 4.99 Å². The van der Waals surface area contributed by atoms with E-state index in [4.69, 9.17) is 14.5 Å². The van der Waals surface area contributed by atoms with E-state index in [0.717, 1.165) is 68.9 Å². The van der Waals surface area contributed by atoms with Crippen LogP contribution in [-0.2, 0) is 21.4 Å². The third-order valence-corrected chi connectivity index (χ3v) is 5.25. The number of hydrogen-bond acceptors (Lipinski definition) is 5. The van der Waals surface area contributed by atoms with Gasteiger partial charge in [0, 0.05) is 50.8 Å². The van der Waals surface area contributed by atoms with Gasteiger partial charge < -0.3 is 20.1 Å². The van der Waals surface area contributed by atoms with Crippen molar-refractivity contribution < 1.29 is 9.47 Å². The summed E-state index contributed by atoms with van der Waals surface area (Å²) in [6, 6.07) is 0. The molecule has 0 unspecified atom stereocenters. The Kier molecular flexibility index (Phi) is 8.81. The van der Waals surface area contributed by atoms with Crippen LogP contribution >= 0.6 is 11.3 Å². The van der Waals surface area contributed by atoms with E-state index >= 15 is 0 Å². The van der Waals surface area contributed by atoms with Crippen LogP contribution in [0.1, 0.15) is 50.7 Å². The number of aliphatic imine (C=N–C) groups is 1. The van der Waals surface area contributed by atoms with E-state index in [1.807, 2.05) is 0 Å². The number of thiazole rings is 1. The molecule has 1 aromatic heterocycles. The topological polar surface area (TPSA) is 67.8 Å². The van der Waals surface area contributed by atoms with Crippen LogP contribution in [0.25, 0.3) is 0 Å². The van der Waals surface area contributed by atoms with Gasteiger partial charge in [0.1, 0.15) is 5.01 Å². The maximum atomic E-state index is 5.79. The Hall–Kier alpha value is -1.18. The first-order chi connectivity index (χ1) is 12.5. The van der Waals surface area contributed by atoms with Crippen LogP contribution in [0.5, 0.6) is 0 Å². The molecular weight excluding hydrogens is 348 g/mol. The van der Waals surface area contributed by atoms with Crippen LogP contribution in [0, 0.1) is 5.92 Å². The smallest absolute Gasteiger partial charge is 0.191 e. The van der Waals surface area contributed by atoms with Crippen molar-refractivity contribution in [3.8, 4) is 0 Å². The van der Waals surface area contributed by atoms with E-state index in [2.05, 4.69) is 41.8 Å². The second-order valence-electron chi connectivity index (χ2n) is 7.71. The van der Waals surface area contributed by atoms with Gasteiger partial charge in [0.2, 0.25) is 0 Å². The van der Waals surface area contributed by atoms with Crippen LogP contribution in [0.2, 0.25) is 0 Å². The Labute approximate surface area is 161 Å². The number of nitrogens with one attached hydrogen (secondary N) is 2. The molecule has 1 aliphatic rings. The second kappa shape index (κ2) is 10.8. The first kappa shape index (κ1) is 21.1. The summed E-state index contributed by atoms with van der Waals surface area (Å²) in [4.78, 5) is 8.96. The van der Waals surface area contributed by atoms with Crippen LogP contribution in [0.3, 0.4) is 0 Å². The fourth-order valence-electron chi connectivity index (χ4n) is 2.66. The Morgan fingerprint density at radius 3 is 2.77 bits per heavy atom. The normalized spacial score (nSPS) is 16.7. The number of ether oxygens (including phenoxy) is 2. The van der Waals surface area contributed by atoms with Crippen LogP contribution in [-0.4, -0.2) is 51.0 Å². The van der Waals surface area contributed by atoms with Crippen molar-refractivity contribution >= 4 is 17.3 Å². The Bertz CT molecular complexity index is 548. The van der Waals surface area contributed by atoms with Gasteiger partial charge >= 0.3 is 0 Å². The average molecular weight is 383 g/mol. The summed E-state index contributed by atoms with van der Waals surface area (Å²) in [5.41, 5.74) is 1.24. The molecule has 1 saturated heterocycles. The van der Waals surface area contributed by atoms with E-state index in [-0.39, 0.29) is 5.41 Å². The van der Waals surface area contributed by atoms with Crippen LogP contribution in [0.15, 0.2) is 10.4 Å². The molecule has 1 fully saturated rings. The minimum atomic E-state index is 0.0966. The number of guanidine groups is 1. The lowest BCUT2D eigenvalue weighted by Crippen LogP contribution is -2.37. The zero-order valence-corrected chi connectivity index (χ0v) is 17.5. The third kappa shape index (κ3) is 7.60. The van der Waals surface area contributed by atoms with Gasteiger partial charge in [-0.25, -0.2) is 4.98 Å². The van der Waals surface area contributed by atoms with E-state index < -0.39 is 0 Å². The lowest BCUT2D eigenvalue weighted by atomic mass is 9.93. The first-order valence-corrected chi connectivity index (χ1v) is 10.4. The van der Waals surface area contributed by atoms with E-state index in [0.29, 0.717) is 12.5 Å². The van der Waals surface area contributed by atoms with Gasteiger partial charge in [0.15, 0.2) is 5.96 Å². The predicted molar refractivity (Wildman–Crippen MR) is 108 cm³/mol. The monoisotopic (exact) mass is 382 g/mol. The van der Waals surface area contributed by atoms with Crippen molar-refractivity contribution in [2.45, 2.75) is 52.0 Å². The largest absolute Gasteiger partial charge is 0.381 e. The summed E-state index contributed by atoms with van der Waals surface area (Å²) < 4.78 is 11.2. The van der Waals surface area contributed by atoms with Crippen molar-refractivity contribution in [2.24, 2.45) is 10.9 Å². The molecule has 2 rings (SSSR count). The highest BCUT2D eigenvalue weighted by Gasteiger charge is 2.17. The summed E-state index contributed by atoms with van der Waals surface area (Å²) in [6.07, 6.45) is 3.22. The lowest BCUT2D eigenvalue weighted by molar-refractivity contribution is 0.0203. The van der Waals surface area contributed by atoms with Crippen molar-refractivity contribution in [3.05, 3.63) is 16.1 Å². The molecule has 0 aliphatic carbocycles. The minimum absolute atomic E-state index is 0.0966. The summed E-state index contributed by atoms with van der Waals surface area (Å²) in [5.74, 6) is 1.48. The molecule has 148 valence electrons. The minimum Gasteiger partial charge on any atom is -0.381 e. The molecule has 0 saturated carbocycles. The molecule has 0 bridgehead atoms. The van der Waals surface area contributed by atoms with Crippen LogP contribution in [0.4, 0.5) is 0 Å². The highest BCUT2D eigenvalue weighted by molar-refractivity contribution is 7.09. The molecule has 0 amide bonds. The molecule has 1 aromatic rings. The SMILES string of the molecule is CN=C(NCCCOCC1CCOCC1)NCc1nc(C(C)(C)C)cs1. The van der Waals surface area contributed by atoms with E-state index in [1.165, 1.54) is 0 Å². The molecule has 1 aliphatic heterocycles. The maximum Gasteiger partial charge on any atom is 0.191 e. The van der Waals surface area contributed by atoms with Gasteiger partial charge in [-0.05, 0) is 25.2 Å². The zero-order chi connectivity index (χ0) is 18.8. The molecule has 0 atom stereocenters. The van der Waals surface area contributed by atoms with Gasteiger partial charge in [-0.1, -0.05) is 20.8 Å². The molecule has 0 spiro atoms. The summed E-state index contributed by atoms with van der Waals surface area (Å²) >= 11 is 1.69. The Morgan fingerprint density at radius 1 is 1.35 bits per heavy atom. The molecule has 26 heavy (non-hydrogen) atoms. The highest BCUT2D eigenvalue weighted by atomic mass is 32.1. The first-order valence-electron chi connectivity index (χ1n) is 9.54. The second-order valence-corrected chi connectivity index (χ2v) is 8.66. The fraction of sp³-hybridized carbons (Fsp3) is 0.789. The average Bonchev–Trinajstić information content (AvgIpc) is 3.11. The Balaban J connectivity index is 1.57. The maximum absolute atomic E-state index is 5.79. The highest BCUT2D eigenvalue weighted by Crippen LogP contribution is 2.23. The standard InChI is InChI=1S/C19H34N4O2S/c1-19(2,3)16-14-26-17(23-16)12-22-18(20-4)21-8-5-9-25-13-15-6-10-24-11-7-15/h14-15H,5-13H2,1-4H3,(H2,20,21,22). The van der Waals surface area contributed by atoms with E-state index in [9.17, 15) is 0 Å². The number of nitrogens with zero attached hydrogens (tertiary/aromatic N) is 2. The lowest BCUT2D eigenvalue weighted by Gasteiger charge is -2.21. The van der Waals surface area contributed by atoms with Gasteiger partial charge in [-0.2, -0.15) is 0 Å². The van der Waals surface area contributed by atoms with Gasteiger partial charge in [-0.15, -0.1) is 11.3 Å². The predicted octanol–water partition coefficient (Wildman–Crippen LogP) is 2.94. The van der Waals surface area contributed by atoms with Crippen molar-refractivity contribution in [2.75, 3.05) is 40.0 Å². The fourth-order valence-corrected chi connectivity index (χ4v) is 3.62. The summed E-state index contributed by atoms with van der Waals surface area (Å²) in [6.45, 7) is 11.5. The molecule has 0 radical (unpaired) electrons. The Morgan fingerprint density at radius 2 is 2.12 bits per heavy atom.